The van der Waals surface area contributed by atoms with Crippen LogP contribution in [0.3, 0.4) is 0 Å². The molecule has 0 aliphatic carbocycles. The van der Waals surface area contributed by atoms with E-state index in [9.17, 15) is 4.79 Å². The van der Waals surface area contributed by atoms with Crippen molar-refractivity contribution in [2.24, 2.45) is 0 Å². The summed E-state index contributed by atoms with van der Waals surface area (Å²) in [6.45, 7) is 7.09. The predicted octanol–water partition coefficient (Wildman–Crippen LogP) is 4.91. The third-order valence-corrected chi connectivity index (χ3v) is 4.82. The largest absolute Gasteiger partial charge is 0.463 e. The summed E-state index contributed by atoms with van der Waals surface area (Å²) < 4.78 is 26.6. The molecule has 0 amide bonds. The Balaban J connectivity index is 3.01. The van der Waals surface area contributed by atoms with E-state index >= 15 is 0 Å². The number of carbonyl (C=O) groups excluding carboxylic acids is 1. The summed E-state index contributed by atoms with van der Waals surface area (Å²) in [7, 11) is 0. The molecule has 6 nitrogen and oxygen atoms in total. The van der Waals surface area contributed by atoms with Crippen LogP contribution in [0.2, 0.25) is 0 Å². The van der Waals surface area contributed by atoms with Crippen LogP contribution in [0.4, 0.5) is 0 Å². The SMILES string of the molecule is CCCCCCCCCCCCOCCOCCOCCOCCOC(=O)CBr. The second-order valence-corrected chi connectivity index (χ2v) is 7.55. The fraction of sp³-hybridized carbons (Fsp3) is 0.955. The normalized spacial score (nSPS) is 11.1. The van der Waals surface area contributed by atoms with Crippen molar-refractivity contribution in [2.45, 2.75) is 71.1 Å². The number of unbranched alkanes of at least 4 members (excludes halogenated alkanes) is 9. The van der Waals surface area contributed by atoms with Gasteiger partial charge in [0, 0.05) is 6.61 Å². The van der Waals surface area contributed by atoms with Gasteiger partial charge in [0.2, 0.25) is 0 Å². The fourth-order valence-corrected chi connectivity index (χ4v) is 2.87. The summed E-state index contributed by atoms with van der Waals surface area (Å²) in [5.74, 6) is -0.283. The summed E-state index contributed by atoms with van der Waals surface area (Å²) in [5, 5.41) is 0.209. The van der Waals surface area contributed by atoms with Crippen LogP contribution in [0.1, 0.15) is 71.1 Å². The van der Waals surface area contributed by atoms with Gasteiger partial charge in [-0.05, 0) is 6.42 Å². The molecule has 0 saturated heterocycles. The topological polar surface area (TPSA) is 63.2 Å². The van der Waals surface area contributed by atoms with E-state index in [1.807, 2.05) is 0 Å². The van der Waals surface area contributed by atoms with E-state index in [1.54, 1.807) is 0 Å². The minimum atomic E-state index is -0.283. The Hall–Kier alpha value is -0.210. The number of ether oxygens (including phenoxy) is 5. The molecule has 0 heterocycles. The van der Waals surface area contributed by atoms with Gasteiger partial charge in [0.15, 0.2) is 0 Å². The molecule has 0 N–H and O–H groups in total. The number of carbonyl (C=O) groups is 1. The third kappa shape index (κ3) is 25.8. The van der Waals surface area contributed by atoms with E-state index in [-0.39, 0.29) is 17.9 Å². The average molecular weight is 483 g/mol. The molecule has 0 saturated carbocycles. The number of hydrogen-bond acceptors (Lipinski definition) is 6. The minimum absolute atomic E-state index is 0.209. The number of alkyl halides is 1. The number of rotatable bonds is 24. The molecule has 0 aliphatic rings. The van der Waals surface area contributed by atoms with Crippen molar-refractivity contribution in [2.75, 3.05) is 64.8 Å². The standard InChI is InChI=1S/C22H43BrO6/c1-2-3-4-5-6-7-8-9-10-11-12-25-13-14-26-15-16-27-17-18-28-19-20-29-22(24)21-23/h2-21H2,1H3. The summed E-state index contributed by atoms with van der Waals surface area (Å²) in [5.41, 5.74) is 0. The molecule has 0 bridgehead atoms. The molecule has 174 valence electrons. The highest BCUT2D eigenvalue weighted by Gasteiger charge is 1.98. The number of esters is 1. The van der Waals surface area contributed by atoms with Crippen molar-refractivity contribution < 1.29 is 28.5 Å². The van der Waals surface area contributed by atoms with Crippen molar-refractivity contribution in [1.29, 1.82) is 0 Å². The van der Waals surface area contributed by atoms with Gasteiger partial charge in [-0.1, -0.05) is 80.6 Å². The number of hydrogen-bond donors (Lipinski definition) is 0. The maximum atomic E-state index is 10.9. The quantitative estimate of drug-likeness (QED) is 0.110. The smallest absolute Gasteiger partial charge is 0.316 e. The van der Waals surface area contributed by atoms with E-state index < -0.39 is 0 Å². The first-order chi connectivity index (χ1) is 14.3. The lowest BCUT2D eigenvalue weighted by atomic mass is 10.1. The molecular formula is C22H43BrO6. The maximum absolute atomic E-state index is 10.9. The molecule has 0 fully saturated rings. The molecule has 0 aromatic carbocycles. The van der Waals surface area contributed by atoms with E-state index in [1.165, 1.54) is 57.8 Å². The Morgan fingerprint density at radius 1 is 0.552 bits per heavy atom. The molecule has 7 heteroatoms. The summed E-state index contributed by atoms with van der Waals surface area (Å²) in [6.07, 6.45) is 13.4. The first-order valence-electron chi connectivity index (χ1n) is 11.3. The highest BCUT2D eigenvalue weighted by atomic mass is 79.9. The Bertz CT molecular complexity index is 330. The van der Waals surface area contributed by atoms with Crippen LogP contribution >= 0.6 is 15.9 Å². The van der Waals surface area contributed by atoms with E-state index in [2.05, 4.69) is 22.9 Å². The maximum Gasteiger partial charge on any atom is 0.316 e. The zero-order chi connectivity index (χ0) is 21.3. The van der Waals surface area contributed by atoms with Gasteiger partial charge in [-0.2, -0.15) is 0 Å². The lowest BCUT2D eigenvalue weighted by Gasteiger charge is -2.08. The zero-order valence-electron chi connectivity index (χ0n) is 18.5. The molecule has 0 aromatic rings. The van der Waals surface area contributed by atoms with Gasteiger partial charge in [0.05, 0.1) is 46.2 Å². The molecule has 0 spiro atoms. The van der Waals surface area contributed by atoms with Crippen molar-refractivity contribution in [1.82, 2.24) is 0 Å². The van der Waals surface area contributed by atoms with Gasteiger partial charge >= 0.3 is 5.97 Å². The van der Waals surface area contributed by atoms with Crippen molar-refractivity contribution in [3.05, 3.63) is 0 Å². The van der Waals surface area contributed by atoms with Crippen LogP contribution in [0.25, 0.3) is 0 Å². The Labute approximate surface area is 186 Å². The summed E-state index contributed by atoms with van der Waals surface area (Å²) >= 11 is 3.02. The zero-order valence-corrected chi connectivity index (χ0v) is 20.1. The molecule has 0 aromatic heterocycles. The Morgan fingerprint density at radius 3 is 1.38 bits per heavy atom. The fourth-order valence-electron chi connectivity index (χ4n) is 2.71. The van der Waals surface area contributed by atoms with Gasteiger partial charge < -0.3 is 23.7 Å². The van der Waals surface area contributed by atoms with Gasteiger partial charge in [0.1, 0.15) is 11.9 Å². The lowest BCUT2D eigenvalue weighted by Crippen LogP contribution is -2.14. The first-order valence-corrected chi connectivity index (χ1v) is 12.5. The van der Waals surface area contributed by atoms with Gasteiger partial charge in [0.25, 0.3) is 0 Å². The molecule has 0 unspecified atom stereocenters. The van der Waals surface area contributed by atoms with Crippen molar-refractivity contribution in [3.8, 4) is 0 Å². The molecule has 0 rings (SSSR count). The van der Waals surface area contributed by atoms with E-state index in [0.29, 0.717) is 46.2 Å². The highest BCUT2D eigenvalue weighted by molar-refractivity contribution is 9.09. The summed E-state index contributed by atoms with van der Waals surface area (Å²) in [4.78, 5) is 10.9. The van der Waals surface area contributed by atoms with Crippen LogP contribution in [0.15, 0.2) is 0 Å². The van der Waals surface area contributed by atoms with Crippen molar-refractivity contribution in [3.63, 3.8) is 0 Å². The van der Waals surface area contributed by atoms with E-state index in [4.69, 9.17) is 23.7 Å². The van der Waals surface area contributed by atoms with E-state index in [0.717, 1.165) is 13.0 Å². The third-order valence-electron chi connectivity index (χ3n) is 4.36. The first kappa shape index (κ1) is 28.8. The molecular weight excluding hydrogens is 440 g/mol. The monoisotopic (exact) mass is 482 g/mol. The molecule has 0 atom stereocenters. The average Bonchev–Trinajstić information content (AvgIpc) is 2.74. The van der Waals surface area contributed by atoms with Crippen LogP contribution in [-0.4, -0.2) is 70.8 Å². The second-order valence-electron chi connectivity index (χ2n) is 6.99. The van der Waals surface area contributed by atoms with Crippen molar-refractivity contribution >= 4 is 21.9 Å². The van der Waals surface area contributed by atoms with Crippen LogP contribution < -0.4 is 0 Å². The molecule has 29 heavy (non-hydrogen) atoms. The molecule has 0 radical (unpaired) electrons. The van der Waals surface area contributed by atoms with Crippen LogP contribution in [-0.2, 0) is 28.5 Å². The Kier molecular flexibility index (Phi) is 25.6. The number of halogens is 1. The predicted molar refractivity (Wildman–Crippen MR) is 120 cm³/mol. The minimum Gasteiger partial charge on any atom is -0.463 e. The van der Waals surface area contributed by atoms with Crippen LogP contribution in [0.5, 0.6) is 0 Å². The van der Waals surface area contributed by atoms with Gasteiger partial charge in [-0.15, -0.1) is 0 Å². The van der Waals surface area contributed by atoms with Gasteiger partial charge in [-0.25, -0.2) is 0 Å². The Morgan fingerprint density at radius 2 is 0.931 bits per heavy atom. The second kappa shape index (κ2) is 25.8. The van der Waals surface area contributed by atoms with Gasteiger partial charge in [-0.3, -0.25) is 4.79 Å². The lowest BCUT2D eigenvalue weighted by molar-refractivity contribution is -0.142. The van der Waals surface area contributed by atoms with Crippen LogP contribution in [0, 0.1) is 0 Å². The molecule has 0 aliphatic heterocycles. The highest BCUT2D eigenvalue weighted by Crippen LogP contribution is 2.10. The summed E-state index contributed by atoms with van der Waals surface area (Å²) in [6, 6.07) is 0.